The van der Waals surface area contributed by atoms with Crippen molar-refractivity contribution < 1.29 is 14.4 Å². The van der Waals surface area contributed by atoms with Crippen molar-refractivity contribution in [2.45, 2.75) is 33.6 Å². The zero-order chi connectivity index (χ0) is 28.6. The first kappa shape index (κ1) is 25.1. The zero-order valence-corrected chi connectivity index (χ0v) is 23.0. The third kappa shape index (κ3) is 2.66. The van der Waals surface area contributed by atoms with Gasteiger partial charge in [-0.05, 0) is 56.2 Å². The van der Waals surface area contributed by atoms with E-state index in [0.29, 0.717) is 47.0 Å². The fraction of sp³-hybridized carbons (Fsp3) is 0.250. The molecule has 1 saturated carbocycles. The number of amides is 3. The number of hydrazone groups is 3. The Balaban J connectivity index is 1.50. The molecule has 3 aromatic rings. The van der Waals surface area contributed by atoms with E-state index < -0.39 is 34.0 Å². The van der Waals surface area contributed by atoms with Crippen LogP contribution in [0.3, 0.4) is 0 Å². The standard InChI is InChI=1S/C32H28N6O3/c1-4-25-31(28(40)37(34-25)23-17-11-7-12-18-23)30(21(3)33-36(27(30)39)22-15-9-6-10-16-22)32(31)26(5-2)35-38(29(32)41)24-19-13-8-14-20-24/h6-20H,4-5H2,1-3H3/t31-,32-/m1/s1. The van der Waals surface area contributed by atoms with Crippen molar-refractivity contribution in [1.29, 1.82) is 0 Å². The SMILES string of the molecule is CCC1=NN(c2ccccc2)C(=O)[C@@]12C1(C(=O)N(c3ccccc3)N=C1C)[C@@]21C(=O)N(c2ccccc2)N=C1CC. The third-order valence-corrected chi connectivity index (χ3v) is 8.94. The van der Waals surface area contributed by atoms with Gasteiger partial charge in [-0.15, -0.1) is 0 Å². The first-order chi connectivity index (χ1) is 19.9. The van der Waals surface area contributed by atoms with Crippen molar-refractivity contribution in [3.05, 3.63) is 91.0 Å². The highest BCUT2D eigenvalue weighted by Crippen LogP contribution is 2.85. The number of hydrogen-bond acceptors (Lipinski definition) is 6. The molecular weight excluding hydrogens is 516 g/mol. The van der Waals surface area contributed by atoms with E-state index in [1.807, 2.05) is 68.4 Å². The van der Waals surface area contributed by atoms with E-state index in [2.05, 4.69) is 0 Å². The maximum Gasteiger partial charge on any atom is 0.262 e. The van der Waals surface area contributed by atoms with Gasteiger partial charge in [-0.1, -0.05) is 68.4 Å². The third-order valence-electron chi connectivity index (χ3n) is 8.94. The second kappa shape index (κ2) is 8.54. The van der Waals surface area contributed by atoms with E-state index in [1.165, 1.54) is 15.0 Å². The number of anilines is 3. The first-order valence-electron chi connectivity index (χ1n) is 13.8. The summed E-state index contributed by atoms with van der Waals surface area (Å²) in [5.74, 6) is -1.25. The molecule has 3 heterocycles. The van der Waals surface area contributed by atoms with Gasteiger partial charge in [-0.25, -0.2) is 0 Å². The lowest BCUT2D eigenvalue weighted by molar-refractivity contribution is -0.126. The molecule has 0 aromatic heterocycles. The lowest BCUT2D eigenvalue weighted by Crippen LogP contribution is -2.41. The topological polar surface area (TPSA) is 98.0 Å². The minimum Gasteiger partial charge on any atom is -0.271 e. The predicted octanol–water partition coefficient (Wildman–Crippen LogP) is 5.01. The largest absolute Gasteiger partial charge is 0.271 e. The second-order valence-electron chi connectivity index (χ2n) is 10.6. The number of rotatable bonds is 5. The molecule has 0 unspecified atom stereocenters. The highest BCUT2D eigenvalue weighted by Gasteiger charge is 3.04. The highest BCUT2D eigenvalue weighted by molar-refractivity contribution is 6.48. The van der Waals surface area contributed by atoms with Crippen LogP contribution in [0.4, 0.5) is 17.1 Å². The normalized spacial score (nSPS) is 28.3. The fourth-order valence-corrected chi connectivity index (χ4v) is 7.47. The van der Waals surface area contributed by atoms with Gasteiger partial charge in [0.25, 0.3) is 17.7 Å². The van der Waals surface area contributed by atoms with E-state index >= 15 is 0 Å². The average molecular weight is 545 g/mol. The van der Waals surface area contributed by atoms with Crippen molar-refractivity contribution in [1.82, 2.24) is 0 Å². The predicted molar refractivity (Wildman–Crippen MR) is 158 cm³/mol. The number of carbonyl (C=O) groups excluding carboxylic acids is 3. The Labute approximate surface area is 237 Å². The van der Waals surface area contributed by atoms with E-state index in [1.54, 1.807) is 43.3 Å². The molecule has 3 aromatic carbocycles. The van der Waals surface area contributed by atoms with Gasteiger partial charge in [-0.3, -0.25) is 14.4 Å². The maximum absolute atomic E-state index is 14.9. The van der Waals surface area contributed by atoms with Gasteiger partial charge in [-0.2, -0.15) is 30.3 Å². The number of benzene rings is 3. The molecule has 0 radical (unpaired) electrons. The molecule has 1 aliphatic carbocycles. The zero-order valence-electron chi connectivity index (χ0n) is 23.0. The van der Waals surface area contributed by atoms with Gasteiger partial charge >= 0.3 is 0 Å². The molecule has 2 atom stereocenters. The van der Waals surface area contributed by atoms with Gasteiger partial charge in [0, 0.05) is 0 Å². The Bertz CT molecular complexity index is 1610. The fourth-order valence-electron chi connectivity index (χ4n) is 7.47. The van der Waals surface area contributed by atoms with Crippen molar-refractivity contribution in [2.75, 3.05) is 15.0 Å². The van der Waals surface area contributed by atoms with Gasteiger partial charge in [0.2, 0.25) is 0 Å². The summed E-state index contributed by atoms with van der Waals surface area (Å²) in [5, 5.41) is 18.4. The molecule has 0 saturated heterocycles. The lowest BCUT2D eigenvalue weighted by Gasteiger charge is -2.19. The molecule has 7 rings (SSSR count). The Morgan fingerprint density at radius 1 is 0.512 bits per heavy atom. The monoisotopic (exact) mass is 544 g/mol. The molecular formula is C32H28N6O3. The summed E-state index contributed by atoms with van der Waals surface area (Å²) >= 11 is 0. The number of para-hydroxylation sites is 3. The van der Waals surface area contributed by atoms with Crippen LogP contribution in [0.5, 0.6) is 0 Å². The van der Waals surface area contributed by atoms with Crippen LogP contribution in [0.1, 0.15) is 33.6 Å². The Hall–Kier alpha value is -4.92. The van der Waals surface area contributed by atoms with Crippen LogP contribution in [0, 0.1) is 16.2 Å². The summed E-state index contributed by atoms with van der Waals surface area (Å²) in [6, 6.07) is 27.3. The van der Waals surface area contributed by atoms with Crippen molar-refractivity contribution in [3.63, 3.8) is 0 Å². The van der Waals surface area contributed by atoms with Crippen LogP contribution in [-0.4, -0.2) is 34.9 Å². The number of hydrogen-bond donors (Lipinski definition) is 0. The van der Waals surface area contributed by atoms with Crippen molar-refractivity contribution >= 4 is 51.9 Å². The lowest BCUT2D eigenvalue weighted by atomic mass is 9.82. The molecule has 3 spiro atoms. The van der Waals surface area contributed by atoms with Crippen LogP contribution < -0.4 is 15.0 Å². The number of fused-ring (bicyclic) bond motifs is 3. The van der Waals surface area contributed by atoms with E-state index in [0.717, 1.165) is 0 Å². The summed E-state index contributed by atoms with van der Waals surface area (Å²) in [4.78, 5) is 44.7. The van der Waals surface area contributed by atoms with Crippen LogP contribution in [0.15, 0.2) is 106 Å². The second-order valence-corrected chi connectivity index (χ2v) is 10.6. The smallest absolute Gasteiger partial charge is 0.262 e. The quantitative estimate of drug-likeness (QED) is 0.452. The molecule has 0 N–H and O–H groups in total. The molecule has 9 nitrogen and oxygen atoms in total. The highest BCUT2D eigenvalue weighted by atomic mass is 16.2. The molecule has 9 heteroatoms. The Kier molecular flexibility index (Phi) is 5.22. The van der Waals surface area contributed by atoms with Crippen LogP contribution in [0.25, 0.3) is 0 Å². The average Bonchev–Trinajstić information content (AvgIpc) is 3.12. The van der Waals surface area contributed by atoms with Crippen LogP contribution >= 0.6 is 0 Å². The van der Waals surface area contributed by atoms with Crippen molar-refractivity contribution in [3.8, 4) is 0 Å². The molecule has 41 heavy (non-hydrogen) atoms. The first-order valence-corrected chi connectivity index (χ1v) is 13.8. The molecule has 0 bridgehead atoms. The van der Waals surface area contributed by atoms with Crippen LogP contribution in [0.2, 0.25) is 0 Å². The van der Waals surface area contributed by atoms with Gasteiger partial charge in [0.15, 0.2) is 0 Å². The number of nitrogens with zero attached hydrogens (tertiary/aromatic N) is 6. The Morgan fingerprint density at radius 3 is 1.17 bits per heavy atom. The van der Waals surface area contributed by atoms with Gasteiger partial charge in [0.1, 0.15) is 16.2 Å². The number of carbonyl (C=O) groups is 3. The molecule has 1 fully saturated rings. The van der Waals surface area contributed by atoms with E-state index in [9.17, 15) is 14.4 Å². The minimum atomic E-state index is -1.61. The van der Waals surface area contributed by atoms with Crippen molar-refractivity contribution in [2.24, 2.45) is 31.5 Å². The summed E-state index contributed by atoms with van der Waals surface area (Å²) in [7, 11) is 0. The summed E-state index contributed by atoms with van der Waals surface area (Å²) in [5.41, 5.74) is -1.76. The van der Waals surface area contributed by atoms with E-state index in [4.69, 9.17) is 15.3 Å². The molecule has 4 aliphatic rings. The van der Waals surface area contributed by atoms with Gasteiger partial charge < -0.3 is 0 Å². The summed E-state index contributed by atoms with van der Waals surface area (Å²) < 4.78 is 0. The van der Waals surface area contributed by atoms with Gasteiger partial charge in [0.05, 0.1) is 34.2 Å². The summed E-state index contributed by atoms with van der Waals surface area (Å²) in [6.45, 7) is 5.55. The van der Waals surface area contributed by atoms with Crippen LogP contribution in [-0.2, 0) is 14.4 Å². The molecule has 3 amide bonds. The summed E-state index contributed by atoms with van der Waals surface area (Å²) in [6.07, 6.45) is 0.722. The van der Waals surface area contributed by atoms with E-state index in [-0.39, 0.29) is 0 Å². The maximum atomic E-state index is 14.9. The molecule has 204 valence electrons. The minimum absolute atomic E-state index is 0.361. The molecule has 3 aliphatic heterocycles. The Morgan fingerprint density at radius 2 is 0.829 bits per heavy atom.